The van der Waals surface area contributed by atoms with E-state index in [1.165, 1.54) is 42.3 Å². The van der Waals surface area contributed by atoms with E-state index in [1.807, 2.05) is 32.0 Å². The first-order valence-electron chi connectivity index (χ1n) is 10.2. The van der Waals surface area contributed by atoms with Gasteiger partial charge in [-0.05, 0) is 77.9 Å². The number of aromatic nitrogens is 4. The number of furan rings is 1. The third-order valence-electron chi connectivity index (χ3n) is 4.83. The zero-order chi connectivity index (χ0) is 24.1. The topological polar surface area (TPSA) is 132 Å². The molecule has 4 rings (SSSR count). The second-order valence-electron chi connectivity index (χ2n) is 7.43. The lowest BCUT2D eigenvalue weighted by Crippen LogP contribution is -2.23. The largest absolute Gasteiger partial charge is 0.468 e. The van der Waals surface area contributed by atoms with Crippen LogP contribution >= 0.6 is 11.8 Å². The van der Waals surface area contributed by atoms with E-state index in [4.69, 9.17) is 4.42 Å². The fourth-order valence-corrected chi connectivity index (χ4v) is 4.75. The fourth-order valence-electron chi connectivity index (χ4n) is 3.07. The van der Waals surface area contributed by atoms with Crippen LogP contribution in [0.3, 0.4) is 0 Å². The van der Waals surface area contributed by atoms with Crippen molar-refractivity contribution in [3.8, 4) is 5.69 Å². The number of benzene rings is 2. The minimum absolute atomic E-state index is 0.0482. The van der Waals surface area contributed by atoms with E-state index in [2.05, 4.69) is 25.6 Å². The van der Waals surface area contributed by atoms with Gasteiger partial charge in [0.1, 0.15) is 5.76 Å². The highest BCUT2D eigenvalue weighted by Gasteiger charge is 2.16. The molecule has 0 fully saturated rings. The Morgan fingerprint density at radius 3 is 2.65 bits per heavy atom. The number of carbonyl (C=O) groups is 1. The molecule has 0 saturated heterocycles. The third kappa shape index (κ3) is 5.71. The van der Waals surface area contributed by atoms with Crippen LogP contribution in [0.5, 0.6) is 0 Å². The Balaban J connectivity index is 1.34. The lowest BCUT2D eigenvalue weighted by Gasteiger charge is -2.09. The number of sulfonamides is 1. The van der Waals surface area contributed by atoms with Gasteiger partial charge in [-0.15, -0.1) is 5.10 Å². The molecule has 2 heterocycles. The molecule has 0 unspecified atom stereocenters. The molecule has 12 heteroatoms. The number of rotatable bonds is 9. The van der Waals surface area contributed by atoms with Crippen molar-refractivity contribution >= 4 is 33.4 Å². The van der Waals surface area contributed by atoms with Crippen LogP contribution in [-0.2, 0) is 21.4 Å². The van der Waals surface area contributed by atoms with E-state index >= 15 is 0 Å². The van der Waals surface area contributed by atoms with Gasteiger partial charge in [0.05, 0.1) is 29.1 Å². The molecule has 2 aromatic heterocycles. The van der Waals surface area contributed by atoms with Crippen LogP contribution in [0, 0.1) is 13.8 Å². The number of aryl methyl sites for hydroxylation is 2. The summed E-state index contributed by atoms with van der Waals surface area (Å²) in [4.78, 5) is 12.5. The standard InChI is InChI=1S/C22H22N6O4S2/c1-15-5-6-16(2)20(12-15)28-22(25-26-27-28)33-14-21(29)24-17-7-9-19(10-8-17)34(30,31)23-13-18-4-3-11-32-18/h3-12,23H,13-14H2,1-2H3,(H,24,29). The average molecular weight is 499 g/mol. The van der Waals surface area contributed by atoms with Gasteiger partial charge in [0, 0.05) is 5.69 Å². The number of thioether (sulfide) groups is 1. The van der Waals surface area contributed by atoms with Crippen LogP contribution in [0.15, 0.2) is 75.3 Å². The molecule has 0 saturated carbocycles. The van der Waals surface area contributed by atoms with E-state index in [0.29, 0.717) is 16.6 Å². The minimum Gasteiger partial charge on any atom is -0.468 e. The SMILES string of the molecule is Cc1ccc(C)c(-n2nnnc2SCC(=O)Nc2ccc(S(=O)(=O)NCc3ccco3)cc2)c1. The first-order chi connectivity index (χ1) is 16.3. The maximum Gasteiger partial charge on any atom is 0.240 e. The van der Waals surface area contributed by atoms with Gasteiger partial charge in [0.25, 0.3) is 0 Å². The number of hydrogen-bond acceptors (Lipinski definition) is 8. The van der Waals surface area contributed by atoms with E-state index in [0.717, 1.165) is 16.8 Å². The van der Waals surface area contributed by atoms with Crippen LogP contribution in [0.4, 0.5) is 5.69 Å². The number of amides is 1. The van der Waals surface area contributed by atoms with Crippen molar-refractivity contribution in [2.45, 2.75) is 30.4 Å². The number of nitrogens with zero attached hydrogens (tertiary/aromatic N) is 4. The van der Waals surface area contributed by atoms with Crippen LogP contribution in [0.25, 0.3) is 5.69 Å². The zero-order valence-corrected chi connectivity index (χ0v) is 20.1. The Bertz CT molecular complexity index is 1380. The Morgan fingerprint density at radius 2 is 1.91 bits per heavy atom. The van der Waals surface area contributed by atoms with Gasteiger partial charge in [-0.25, -0.2) is 13.1 Å². The first kappa shape index (κ1) is 23.7. The Morgan fingerprint density at radius 1 is 1.12 bits per heavy atom. The number of nitrogens with one attached hydrogen (secondary N) is 2. The van der Waals surface area contributed by atoms with Crippen molar-refractivity contribution in [2.75, 3.05) is 11.1 Å². The summed E-state index contributed by atoms with van der Waals surface area (Å²) in [7, 11) is -3.71. The van der Waals surface area contributed by atoms with Crippen molar-refractivity contribution in [3.63, 3.8) is 0 Å². The highest BCUT2D eigenvalue weighted by Crippen LogP contribution is 2.22. The number of hydrogen-bond donors (Lipinski definition) is 2. The Kier molecular flexibility index (Phi) is 7.10. The van der Waals surface area contributed by atoms with Gasteiger partial charge in [0.2, 0.25) is 21.1 Å². The summed E-state index contributed by atoms with van der Waals surface area (Å²) in [5, 5.41) is 15.0. The van der Waals surface area contributed by atoms with Crippen LogP contribution < -0.4 is 10.0 Å². The van der Waals surface area contributed by atoms with E-state index in [1.54, 1.807) is 16.8 Å². The van der Waals surface area contributed by atoms with Gasteiger partial charge < -0.3 is 9.73 Å². The maximum atomic E-state index is 12.4. The Labute approximate surface area is 200 Å². The Hall–Kier alpha value is -3.48. The van der Waals surface area contributed by atoms with Crippen molar-refractivity contribution in [2.24, 2.45) is 0 Å². The number of tetrazole rings is 1. The summed E-state index contributed by atoms with van der Waals surface area (Å²) in [5.74, 6) is 0.316. The smallest absolute Gasteiger partial charge is 0.240 e. The van der Waals surface area contributed by atoms with Crippen LogP contribution in [-0.4, -0.2) is 40.3 Å². The second-order valence-corrected chi connectivity index (χ2v) is 10.1. The second kappa shape index (κ2) is 10.2. The van der Waals surface area contributed by atoms with Crippen molar-refractivity contribution in [3.05, 3.63) is 77.7 Å². The molecule has 4 aromatic rings. The zero-order valence-electron chi connectivity index (χ0n) is 18.4. The molecule has 176 valence electrons. The highest BCUT2D eigenvalue weighted by molar-refractivity contribution is 7.99. The van der Waals surface area contributed by atoms with Crippen LogP contribution in [0.1, 0.15) is 16.9 Å². The average Bonchev–Trinajstić information content (AvgIpc) is 3.50. The lowest BCUT2D eigenvalue weighted by atomic mass is 10.1. The molecular weight excluding hydrogens is 476 g/mol. The maximum absolute atomic E-state index is 12.4. The normalized spacial score (nSPS) is 11.5. The fraction of sp³-hybridized carbons (Fsp3) is 0.182. The molecule has 2 N–H and O–H groups in total. The van der Waals surface area contributed by atoms with E-state index in [-0.39, 0.29) is 23.1 Å². The number of carbonyl (C=O) groups excluding carboxylic acids is 1. The molecule has 0 aliphatic rings. The van der Waals surface area contributed by atoms with Gasteiger partial charge in [-0.3, -0.25) is 4.79 Å². The molecule has 34 heavy (non-hydrogen) atoms. The van der Waals surface area contributed by atoms with Gasteiger partial charge in [-0.1, -0.05) is 23.9 Å². The molecule has 0 aliphatic heterocycles. The van der Waals surface area contributed by atoms with Crippen LogP contribution in [0.2, 0.25) is 0 Å². The molecular formula is C22H22N6O4S2. The molecule has 0 atom stereocenters. The molecule has 0 spiro atoms. The summed E-state index contributed by atoms with van der Waals surface area (Å²) in [5.41, 5.74) is 3.42. The van der Waals surface area contributed by atoms with E-state index in [9.17, 15) is 13.2 Å². The summed E-state index contributed by atoms with van der Waals surface area (Å²) >= 11 is 1.20. The molecule has 10 nitrogen and oxygen atoms in total. The highest BCUT2D eigenvalue weighted by atomic mass is 32.2. The predicted octanol–water partition coefficient (Wildman–Crippen LogP) is 3.08. The van der Waals surface area contributed by atoms with Gasteiger partial charge in [-0.2, -0.15) is 4.68 Å². The summed E-state index contributed by atoms with van der Waals surface area (Å²) < 4.78 is 34.1. The first-order valence-corrected chi connectivity index (χ1v) is 12.7. The van der Waals surface area contributed by atoms with Gasteiger partial charge in [0.15, 0.2) is 0 Å². The van der Waals surface area contributed by atoms with Gasteiger partial charge >= 0.3 is 0 Å². The predicted molar refractivity (Wildman–Crippen MR) is 127 cm³/mol. The monoisotopic (exact) mass is 498 g/mol. The lowest BCUT2D eigenvalue weighted by molar-refractivity contribution is -0.113. The number of anilines is 1. The summed E-state index contributed by atoms with van der Waals surface area (Å²) in [6.07, 6.45) is 1.48. The minimum atomic E-state index is -3.71. The van der Waals surface area contributed by atoms with Crippen molar-refractivity contribution in [1.82, 2.24) is 24.9 Å². The third-order valence-corrected chi connectivity index (χ3v) is 7.17. The van der Waals surface area contributed by atoms with Crippen molar-refractivity contribution in [1.29, 1.82) is 0 Å². The molecule has 0 aliphatic carbocycles. The molecule has 2 aromatic carbocycles. The summed E-state index contributed by atoms with van der Waals surface area (Å²) in [6, 6.07) is 15.3. The summed E-state index contributed by atoms with van der Waals surface area (Å²) in [6.45, 7) is 4.00. The molecule has 0 bridgehead atoms. The molecule has 0 radical (unpaired) electrons. The van der Waals surface area contributed by atoms with E-state index < -0.39 is 10.0 Å². The molecule has 1 amide bonds. The quantitative estimate of drug-likeness (QED) is 0.337. The van der Waals surface area contributed by atoms with Crippen molar-refractivity contribution < 1.29 is 17.6 Å².